The second-order valence-corrected chi connectivity index (χ2v) is 6.32. The SMILES string of the molecule is Oc1cc2ncn3cccc3c2c(-c2ccccc2)c1-c1ccccc1. The van der Waals surface area contributed by atoms with E-state index in [0.717, 1.165) is 38.7 Å². The van der Waals surface area contributed by atoms with Crippen molar-refractivity contribution in [3.05, 3.63) is 91.4 Å². The van der Waals surface area contributed by atoms with Gasteiger partial charge in [0.2, 0.25) is 0 Å². The summed E-state index contributed by atoms with van der Waals surface area (Å²) in [7, 11) is 0. The number of phenolic OH excluding ortho intramolecular Hbond substituents is 1. The molecular formula is C23H16N2O. The summed E-state index contributed by atoms with van der Waals surface area (Å²) < 4.78 is 2.01. The molecule has 5 aromatic rings. The Labute approximate surface area is 150 Å². The van der Waals surface area contributed by atoms with Crippen LogP contribution in [0.15, 0.2) is 91.4 Å². The molecule has 0 spiro atoms. The second kappa shape index (κ2) is 5.74. The van der Waals surface area contributed by atoms with Crippen LogP contribution in [0, 0.1) is 0 Å². The van der Waals surface area contributed by atoms with Gasteiger partial charge >= 0.3 is 0 Å². The van der Waals surface area contributed by atoms with Gasteiger partial charge in [0, 0.05) is 28.8 Å². The summed E-state index contributed by atoms with van der Waals surface area (Å²) in [4.78, 5) is 4.57. The third kappa shape index (κ3) is 2.18. The fourth-order valence-electron chi connectivity index (χ4n) is 3.64. The van der Waals surface area contributed by atoms with Gasteiger partial charge in [-0.1, -0.05) is 60.7 Å². The molecule has 3 nitrogen and oxygen atoms in total. The maximum atomic E-state index is 10.9. The highest BCUT2D eigenvalue weighted by molar-refractivity contribution is 6.11. The molecule has 0 saturated heterocycles. The van der Waals surface area contributed by atoms with Gasteiger partial charge in [0.05, 0.1) is 17.4 Å². The van der Waals surface area contributed by atoms with Gasteiger partial charge in [-0.15, -0.1) is 0 Å². The molecule has 0 amide bonds. The predicted molar refractivity (Wildman–Crippen MR) is 105 cm³/mol. The summed E-state index contributed by atoms with van der Waals surface area (Å²) in [6.45, 7) is 0. The second-order valence-electron chi connectivity index (χ2n) is 6.32. The van der Waals surface area contributed by atoms with Gasteiger partial charge in [-0.05, 0) is 23.3 Å². The molecule has 0 unspecified atom stereocenters. The van der Waals surface area contributed by atoms with E-state index in [1.54, 1.807) is 12.4 Å². The van der Waals surface area contributed by atoms with Crippen molar-refractivity contribution in [1.82, 2.24) is 9.38 Å². The molecule has 0 aliphatic rings. The van der Waals surface area contributed by atoms with Crippen LogP contribution >= 0.6 is 0 Å². The van der Waals surface area contributed by atoms with Crippen LogP contribution in [0.25, 0.3) is 38.7 Å². The minimum Gasteiger partial charge on any atom is -0.507 e. The van der Waals surface area contributed by atoms with Gasteiger partial charge in [-0.2, -0.15) is 0 Å². The van der Waals surface area contributed by atoms with Gasteiger partial charge in [0.25, 0.3) is 0 Å². The average Bonchev–Trinajstić information content (AvgIpc) is 3.17. The predicted octanol–water partition coefficient (Wildman–Crippen LogP) is 5.53. The largest absolute Gasteiger partial charge is 0.507 e. The number of aromatic hydroxyl groups is 1. The molecule has 0 bridgehead atoms. The van der Waals surface area contributed by atoms with Crippen LogP contribution in [-0.2, 0) is 0 Å². The van der Waals surface area contributed by atoms with Crippen LogP contribution in [-0.4, -0.2) is 14.5 Å². The molecule has 0 saturated carbocycles. The number of benzene rings is 3. The normalized spacial score (nSPS) is 11.2. The van der Waals surface area contributed by atoms with Crippen LogP contribution in [0.4, 0.5) is 0 Å². The molecule has 26 heavy (non-hydrogen) atoms. The summed E-state index contributed by atoms with van der Waals surface area (Å²) in [5.41, 5.74) is 5.74. The van der Waals surface area contributed by atoms with Crippen molar-refractivity contribution < 1.29 is 5.11 Å². The first-order valence-corrected chi connectivity index (χ1v) is 8.55. The first-order valence-electron chi connectivity index (χ1n) is 8.55. The van der Waals surface area contributed by atoms with Gasteiger partial charge < -0.3 is 9.51 Å². The highest BCUT2D eigenvalue weighted by atomic mass is 16.3. The number of fused-ring (bicyclic) bond motifs is 3. The summed E-state index contributed by atoms with van der Waals surface area (Å²) in [5.74, 6) is 0.242. The smallest absolute Gasteiger partial charge is 0.126 e. The van der Waals surface area contributed by atoms with E-state index in [0.29, 0.717) is 0 Å². The molecule has 3 aromatic carbocycles. The third-order valence-electron chi connectivity index (χ3n) is 4.77. The monoisotopic (exact) mass is 336 g/mol. The summed E-state index contributed by atoms with van der Waals surface area (Å²) >= 11 is 0. The van der Waals surface area contributed by atoms with E-state index in [1.165, 1.54) is 0 Å². The number of hydrogen-bond acceptors (Lipinski definition) is 2. The Kier molecular flexibility index (Phi) is 3.25. The lowest BCUT2D eigenvalue weighted by atomic mass is 9.90. The highest BCUT2D eigenvalue weighted by Gasteiger charge is 2.19. The Morgan fingerprint density at radius 2 is 1.38 bits per heavy atom. The van der Waals surface area contributed by atoms with Crippen molar-refractivity contribution in [1.29, 1.82) is 0 Å². The fourth-order valence-corrected chi connectivity index (χ4v) is 3.64. The number of hydrogen-bond donors (Lipinski definition) is 1. The molecule has 2 heterocycles. The number of aromatic nitrogens is 2. The van der Waals surface area contributed by atoms with Crippen LogP contribution in [0.2, 0.25) is 0 Å². The number of nitrogens with zero attached hydrogens (tertiary/aromatic N) is 2. The Bertz CT molecular complexity index is 1230. The molecule has 0 radical (unpaired) electrons. The minimum atomic E-state index is 0.242. The summed E-state index contributed by atoms with van der Waals surface area (Å²) in [5, 5.41) is 11.9. The molecule has 0 aliphatic heterocycles. The Balaban J connectivity index is 2.02. The number of phenols is 1. The summed E-state index contributed by atoms with van der Waals surface area (Å²) in [6, 6.07) is 26.1. The quantitative estimate of drug-likeness (QED) is 0.460. The molecule has 0 atom stereocenters. The Morgan fingerprint density at radius 3 is 2.08 bits per heavy atom. The van der Waals surface area contributed by atoms with Crippen molar-refractivity contribution in [2.45, 2.75) is 0 Å². The molecular weight excluding hydrogens is 320 g/mol. The number of rotatable bonds is 2. The lowest BCUT2D eigenvalue weighted by Gasteiger charge is -2.16. The fraction of sp³-hybridized carbons (Fsp3) is 0. The van der Waals surface area contributed by atoms with Crippen LogP contribution in [0.5, 0.6) is 5.75 Å². The van der Waals surface area contributed by atoms with E-state index in [2.05, 4.69) is 23.2 Å². The van der Waals surface area contributed by atoms with Crippen molar-refractivity contribution in [2.75, 3.05) is 0 Å². The summed E-state index contributed by atoms with van der Waals surface area (Å²) in [6.07, 6.45) is 3.78. The van der Waals surface area contributed by atoms with Gasteiger partial charge in [0.1, 0.15) is 5.75 Å². The standard InChI is InChI=1S/C23H16N2O/c26-20-14-18-23(19-12-7-13-25(19)15-24-18)22(17-10-5-2-6-11-17)21(20)16-8-3-1-4-9-16/h1-15,26H. The van der Waals surface area contributed by atoms with Crippen LogP contribution < -0.4 is 0 Å². The van der Waals surface area contributed by atoms with E-state index in [4.69, 9.17) is 0 Å². The van der Waals surface area contributed by atoms with Crippen molar-refractivity contribution in [3.63, 3.8) is 0 Å². The van der Waals surface area contributed by atoms with Gasteiger partial charge in [0.15, 0.2) is 0 Å². The van der Waals surface area contributed by atoms with E-state index in [9.17, 15) is 5.11 Å². The van der Waals surface area contributed by atoms with E-state index in [-0.39, 0.29) is 5.75 Å². The zero-order valence-corrected chi connectivity index (χ0v) is 14.0. The Hall–Kier alpha value is -3.59. The lowest BCUT2D eigenvalue weighted by Crippen LogP contribution is -1.94. The molecule has 1 N–H and O–H groups in total. The molecule has 3 heteroatoms. The Morgan fingerprint density at radius 1 is 0.731 bits per heavy atom. The van der Waals surface area contributed by atoms with Crippen molar-refractivity contribution >= 4 is 16.4 Å². The molecule has 5 rings (SSSR count). The van der Waals surface area contributed by atoms with E-state index >= 15 is 0 Å². The lowest BCUT2D eigenvalue weighted by molar-refractivity contribution is 0.478. The molecule has 2 aromatic heterocycles. The van der Waals surface area contributed by atoms with Crippen LogP contribution in [0.3, 0.4) is 0 Å². The first kappa shape index (κ1) is 14.7. The molecule has 0 aliphatic carbocycles. The maximum Gasteiger partial charge on any atom is 0.126 e. The maximum absolute atomic E-state index is 10.9. The zero-order valence-electron chi connectivity index (χ0n) is 14.0. The van der Waals surface area contributed by atoms with Gasteiger partial charge in [-0.3, -0.25) is 0 Å². The first-order chi connectivity index (χ1) is 12.8. The highest BCUT2D eigenvalue weighted by Crippen LogP contribution is 2.44. The van der Waals surface area contributed by atoms with Gasteiger partial charge in [-0.25, -0.2) is 4.98 Å². The molecule has 0 fully saturated rings. The average molecular weight is 336 g/mol. The third-order valence-corrected chi connectivity index (χ3v) is 4.77. The van der Waals surface area contributed by atoms with E-state index < -0.39 is 0 Å². The molecule has 124 valence electrons. The van der Waals surface area contributed by atoms with E-state index in [1.807, 2.05) is 65.2 Å². The topological polar surface area (TPSA) is 37.5 Å². The zero-order chi connectivity index (χ0) is 17.5. The van der Waals surface area contributed by atoms with Crippen molar-refractivity contribution in [2.24, 2.45) is 0 Å². The van der Waals surface area contributed by atoms with Crippen LogP contribution in [0.1, 0.15) is 0 Å². The van der Waals surface area contributed by atoms with Crippen molar-refractivity contribution in [3.8, 4) is 28.0 Å². The minimum absolute atomic E-state index is 0.242.